The Bertz CT molecular complexity index is 293. The number of halogens is 3. The van der Waals surface area contributed by atoms with E-state index in [1.165, 1.54) is 32.1 Å². The quantitative estimate of drug-likeness (QED) is 0.863. The number of alkyl halides is 3. The van der Waals surface area contributed by atoms with Gasteiger partial charge in [-0.15, -0.1) is 13.2 Å². The van der Waals surface area contributed by atoms with Crippen molar-refractivity contribution in [2.45, 2.75) is 57.5 Å². The van der Waals surface area contributed by atoms with E-state index in [-0.39, 0.29) is 6.61 Å². The van der Waals surface area contributed by atoms with E-state index in [9.17, 15) is 13.2 Å². The number of nitrogens with one attached hydrogen (secondary N) is 1. The number of piperazine rings is 1. The van der Waals surface area contributed by atoms with Gasteiger partial charge in [-0.25, -0.2) is 0 Å². The zero-order valence-corrected chi connectivity index (χ0v) is 12.1. The fraction of sp³-hybridized carbons (Fsp3) is 1.00. The molecule has 1 saturated carbocycles. The maximum atomic E-state index is 12.1. The van der Waals surface area contributed by atoms with Crippen LogP contribution in [0.4, 0.5) is 13.2 Å². The highest BCUT2D eigenvalue weighted by Crippen LogP contribution is 2.30. The Hall–Kier alpha value is -0.330. The molecule has 1 N–H and O–H groups in total. The van der Waals surface area contributed by atoms with Gasteiger partial charge in [0.1, 0.15) is 0 Å². The van der Waals surface area contributed by atoms with Crippen molar-refractivity contribution in [1.29, 1.82) is 0 Å². The van der Waals surface area contributed by atoms with E-state index in [4.69, 9.17) is 0 Å². The summed E-state index contributed by atoms with van der Waals surface area (Å²) < 4.78 is 40.2. The van der Waals surface area contributed by atoms with Crippen molar-refractivity contribution in [2.24, 2.45) is 5.92 Å². The van der Waals surface area contributed by atoms with Crippen LogP contribution in [0.25, 0.3) is 0 Å². The fourth-order valence-corrected chi connectivity index (χ4v) is 3.52. The van der Waals surface area contributed by atoms with E-state index < -0.39 is 6.36 Å². The van der Waals surface area contributed by atoms with Gasteiger partial charge in [-0.3, -0.25) is 9.64 Å². The van der Waals surface area contributed by atoms with E-state index in [2.05, 4.69) is 21.9 Å². The molecule has 1 heterocycles. The maximum Gasteiger partial charge on any atom is 0.522 e. The molecule has 1 saturated heterocycles. The second-order valence-corrected chi connectivity index (χ2v) is 6.06. The predicted molar refractivity (Wildman–Crippen MR) is 71.4 cm³/mol. The predicted octanol–water partition coefficient (Wildman–Crippen LogP) is 2.77. The van der Waals surface area contributed by atoms with Crippen LogP contribution >= 0.6 is 0 Å². The average molecular weight is 294 g/mol. The van der Waals surface area contributed by atoms with Gasteiger partial charge in [0.05, 0.1) is 6.61 Å². The number of nitrogens with zero attached hydrogens (tertiary/aromatic N) is 1. The van der Waals surface area contributed by atoms with Crippen LogP contribution in [-0.4, -0.2) is 49.6 Å². The molecule has 0 amide bonds. The lowest BCUT2D eigenvalue weighted by Gasteiger charge is -2.44. The molecule has 2 unspecified atom stereocenters. The monoisotopic (exact) mass is 294 g/mol. The minimum absolute atomic E-state index is 0.264. The molecule has 6 heteroatoms. The minimum atomic E-state index is -4.51. The van der Waals surface area contributed by atoms with E-state index >= 15 is 0 Å². The molecule has 1 aliphatic heterocycles. The molecule has 2 fully saturated rings. The van der Waals surface area contributed by atoms with Gasteiger partial charge in [0.2, 0.25) is 0 Å². The largest absolute Gasteiger partial charge is 0.522 e. The molecule has 2 atom stereocenters. The van der Waals surface area contributed by atoms with Crippen LogP contribution in [0.1, 0.15) is 39.0 Å². The highest BCUT2D eigenvalue weighted by atomic mass is 19.4. The summed E-state index contributed by atoms with van der Waals surface area (Å²) in [6.45, 7) is 3.88. The van der Waals surface area contributed by atoms with E-state index in [0.29, 0.717) is 24.5 Å². The van der Waals surface area contributed by atoms with Crippen molar-refractivity contribution >= 4 is 0 Å². The van der Waals surface area contributed by atoms with Gasteiger partial charge in [-0.05, 0) is 25.7 Å². The molecule has 1 aliphatic carbocycles. The number of rotatable bonds is 4. The summed E-state index contributed by atoms with van der Waals surface area (Å²) in [4.78, 5) is 2.20. The van der Waals surface area contributed by atoms with Gasteiger partial charge in [0, 0.05) is 31.7 Å². The number of hydrogen-bond acceptors (Lipinski definition) is 3. The molecule has 0 aromatic rings. The van der Waals surface area contributed by atoms with Crippen LogP contribution in [0.15, 0.2) is 0 Å². The van der Waals surface area contributed by atoms with Gasteiger partial charge in [-0.2, -0.15) is 0 Å². The van der Waals surface area contributed by atoms with Crippen molar-refractivity contribution in [3.63, 3.8) is 0 Å². The molecule has 0 radical (unpaired) electrons. The summed E-state index contributed by atoms with van der Waals surface area (Å²) in [5, 5.41) is 3.46. The van der Waals surface area contributed by atoms with Crippen LogP contribution in [0.2, 0.25) is 0 Å². The van der Waals surface area contributed by atoms with E-state index in [0.717, 1.165) is 13.1 Å². The van der Waals surface area contributed by atoms with Gasteiger partial charge < -0.3 is 5.32 Å². The third kappa shape index (κ3) is 4.90. The first-order chi connectivity index (χ1) is 9.46. The molecule has 2 rings (SSSR count). The van der Waals surface area contributed by atoms with Crippen molar-refractivity contribution < 1.29 is 17.9 Å². The Labute approximate surface area is 118 Å². The molecule has 0 aromatic carbocycles. The van der Waals surface area contributed by atoms with Crippen LogP contribution < -0.4 is 5.32 Å². The number of ether oxygens (including phenoxy) is 1. The molecule has 0 bridgehead atoms. The zero-order valence-electron chi connectivity index (χ0n) is 12.1. The highest BCUT2D eigenvalue weighted by molar-refractivity contribution is 4.89. The maximum absolute atomic E-state index is 12.1. The molecule has 0 aromatic heterocycles. The first-order valence-corrected chi connectivity index (χ1v) is 7.64. The van der Waals surface area contributed by atoms with Gasteiger partial charge in [0.15, 0.2) is 0 Å². The summed E-state index contributed by atoms with van der Waals surface area (Å²) in [6.07, 6.45) is 1.70. The van der Waals surface area contributed by atoms with E-state index in [1.54, 1.807) is 0 Å². The Balaban J connectivity index is 1.86. The van der Waals surface area contributed by atoms with Crippen LogP contribution in [-0.2, 0) is 4.74 Å². The lowest BCUT2D eigenvalue weighted by molar-refractivity contribution is -0.325. The van der Waals surface area contributed by atoms with Crippen LogP contribution in [0.3, 0.4) is 0 Å². The van der Waals surface area contributed by atoms with Crippen molar-refractivity contribution in [3.8, 4) is 0 Å². The summed E-state index contributed by atoms with van der Waals surface area (Å²) in [7, 11) is 0. The second kappa shape index (κ2) is 7.09. The molecular weight excluding hydrogens is 269 g/mol. The minimum Gasteiger partial charge on any atom is -0.311 e. The molecule has 118 valence electrons. The first-order valence-electron chi connectivity index (χ1n) is 7.64. The molecule has 3 nitrogen and oxygen atoms in total. The number of hydrogen-bond donors (Lipinski definition) is 1. The standard InChI is InChI=1S/C14H25F3N2O/c1-11-10-19(7-8-20-14(15,16)17)13(9-18-11)12-5-3-2-4-6-12/h11-13,18H,2-10H2,1H3. The summed E-state index contributed by atoms with van der Waals surface area (Å²) in [5.74, 6) is 0.620. The fourth-order valence-electron chi connectivity index (χ4n) is 3.52. The second-order valence-electron chi connectivity index (χ2n) is 6.06. The third-order valence-corrected chi connectivity index (χ3v) is 4.49. The molecule has 2 aliphatic rings. The van der Waals surface area contributed by atoms with Crippen molar-refractivity contribution in [1.82, 2.24) is 10.2 Å². The van der Waals surface area contributed by atoms with Crippen molar-refractivity contribution in [2.75, 3.05) is 26.2 Å². The average Bonchev–Trinajstić information content (AvgIpc) is 2.38. The lowest BCUT2D eigenvalue weighted by Crippen LogP contribution is -2.58. The summed E-state index contributed by atoms with van der Waals surface area (Å²) >= 11 is 0. The summed E-state index contributed by atoms with van der Waals surface area (Å²) in [6, 6.07) is 0.698. The SMILES string of the molecule is CC1CN(CCOC(F)(F)F)C(C2CCCCC2)CN1. The van der Waals surface area contributed by atoms with Crippen LogP contribution in [0.5, 0.6) is 0 Å². The van der Waals surface area contributed by atoms with Gasteiger partial charge in [-0.1, -0.05) is 19.3 Å². The van der Waals surface area contributed by atoms with E-state index in [1.807, 2.05) is 0 Å². The van der Waals surface area contributed by atoms with Gasteiger partial charge >= 0.3 is 6.36 Å². The van der Waals surface area contributed by atoms with Gasteiger partial charge in [0.25, 0.3) is 0 Å². The van der Waals surface area contributed by atoms with Crippen LogP contribution in [0, 0.1) is 5.92 Å². The lowest BCUT2D eigenvalue weighted by atomic mass is 9.82. The summed E-state index contributed by atoms with van der Waals surface area (Å²) in [5.41, 5.74) is 0. The molecule has 20 heavy (non-hydrogen) atoms. The molecule has 0 spiro atoms. The normalized spacial score (nSPS) is 30.6. The van der Waals surface area contributed by atoms with Crippen molar-refractivity contribution in [3.05, 3.63) is 0 Å². The Morgan fingerprint density at radius 1 is 1.20 bits per heavy atom. The highest BCUT2D eigenvalue weighted by Gasteiger charge is 2.34. The first kappa shape index (κ1) is 16.0. The smallest absolute Gasteiger partial charge is 0.311 e. The third-order valence-electron chi connectivity index (χ3n) is 4.49. The Morgan fingerprint density at radius 3 is 2.55 bits per heavy atom. The Morgan fingerprint density at radius 2 is 1.90 bits per heavy atom. The molecular formula is C14H25F3N2O. The zero-order chi connectivity index (χ0) is 14.6. The Kier molecular flexibility index (Phi) is 5.69. The topological polar surface area (TPSA) is 24.5 Å².